The number of halogens is 1. The van der Waals surface area contributed by atoms with Gasteiger partial charge in [0.25, 0.3) is 10.0 Å². The Morgan fingerprint density at radius 3 is 2.07 bits per heavy atom. The number of ether oxygens (including phenoxy) is 1. The van der Waals surface area contributed by atoms with Crippen molar-refractivity contribution in [3.63, 3.8) is 0 Å². The molecule has 0 aliphatic rings. The first-order valence-electron chi connectivity index (χ1n) is 13.8. The van der Waals surface area contributed by atoms with Gasteiger partial charge in [-0.3, -0.25) is 13.9 Å². The Balaban J connectivity index is 1.78. The Bertz CT molecular complexity index is 1620. The number of carbonyl (C=O) groups excluding carboxylic acids is 2. The largest absolute Gasteiger partial charge is 0.494 e. The van der Waals surface area contributed by atoms with Gasteiger partial charge in [0.1, 0.15) is 24.2 Å². The summed E-state index contributed by atoms with van der Waals surface area (Å²) in [6.07, 6.45) is 0.134. The Hall–Kier alpha value is -4.70. The van der Waals surface area contributed by atoms with Crippen molar-refractivity contribution < 1.29 is 27.1 Å². The van der Waals surface area contributed by atoms with E-state index in [-0.39, 0.29) is 29.1 Å². The standard InChI is InChI=1S/C33H34FN3O5S/c1-3-42-28-20-18-27(19-21-28)37(43(40,41)29-15-8-5-9-16-29)24-32(38)36(23-26-14-10-11-17-30(26)34)31(33(39)35-2)22-25-12-6-4-7-13-25/h4-21,31H,3,22-24H2,1-2H3,(H,35,39). The first-order valence-corrected chi connectivity index (χ1v) is 15.3. The van der Waals surface area contributed by atoms with Crippen molar-refractivity contribution in [1.82, 2.24) is 10.2 Å². The van der Waals surface area contributed by atoms with E-state index in [0.29, 0.717) is 12.4 Å². The van der Waals surface area contributed by atoms with Gasteiger partial charge in [0, 0.05) is 25.6 Å². The summed E-state index contributed by atoms with van der Waals surface area (Å²) in [5, 5.41) is 2.61. The Morgan fingerprint density at radius 2 is 1.47 bits per heavy atom. The lowest BCUT2D eigenvalue weighted by Gasteiger charge is -2.33. The molecule has 4 aromatic rings. The third-order valence-corrected chi connectivity index (χ3v) is 8.65. The first-order chi connectivity index (χ1) is 20.7. The number of benzene rings is 4. The fraction of sp³-hybridized carbons (Fsp3) is 0.212. The molecule has 43 heavy (non-hydrogen) atoms. The van der Waals surface area contributed by atoms with Gasteiger partial charge in [0.15, 0.2) is 0 Å². The van der Waals surface area contributed by atoms with Crippen LogP contribution in [0.4, 0.5) is 10.1 Å². The summed E-state index contributed by atoms with van der Waals surface area (Å²) >= 11 is 0. The molecule has 4 aromatic carbocycles. The molecule has 0 aromatic heterocycles. The summed E-state index contributed by atoms with van der Waals surface area (Å²) in [7, 11) is -2.77. The second kappa shape index (κ2) is 14.5. The highest BCUT2D eigenvalue weighted by molar-refractivity contribution is 7.92. The van der Waals surface area contributed by atoms with Crippen molar-refractivity contribution in [2.75, 3.05) is 24.5 Å². The lowest BCUT2D eigenvalue weighted by Crippen LogP contribution is -2.53. The first kappa shape index (κ1) is 31.2. The highest BCUT2D eigenvalue weighted by Gasteiger charge is 2.34. The van der Waals surface area contributed by atoms with Gasteiger partial charge in [-0.05, 0) is 55.0 Å². The summed E-state index contributed by atoms with van der Waals surface area (Å²) in [6, 6.07) is 28.2. The van der Waals surface area contributed by atoms with E-state index in [9.17, 15) is 22.4 Å². The molecule has 4 rings (SSSR count). The predicted molar refractivity (Wildman–Crippen MR) is 164 cm³/mol. The van der Waals surface area contributed by atoms with Crippen LogP contribution in [0, 0.1) is 5.82 Å². The number of anilines is 1. The van der Waals surface area contributed by atoms with Gasteiger partial charge in [-0.2, -0.15) is 0 Å². The molecule has 0 saturated carbocycles. The number of sulfonamides is 1. The number of amides is 2. The van der Waals surface area contributed by atoms with Gasteiger partial charge in [-0.1, -0.05) is 66.7 Å². The average Bonchev–Trinajstić information content (AvgIpc) is 3.03. The molecule has 0 aliphatic carbocycles. The van der Waals surface area contributed by atoms with Crippen LogP contribution in [0.2, 0.25) is 0 Å². The van der Waals surface area contributed by atoms with Gasteiger partial charge in [-0.25, -0.2) is 12.8 Å². The number of carbonyl (C=O) groups is 2. The van der Waals surface area contributed by atoms with E-state index in [0.717, 1.165) is 9.87 Å². The van der Waals surface area contributed by atoms with Crippen molar-refractivity contribution in [3.8, 4) is 5.75 Å². The van der Waals surface area contributed by atoms with Crippen LogP contribution in [-0.2, 0) is 32.6 Å². The van der Waals surface area contributed by atoms with E-state index in [1.54, 1.807) is 48.5 Å². The topological polar surface area (TPSA) is 96.0 Å². The molecule has 8 nitrogen and oxygen atoms in total. The molecule has 1 unspecified atom stereocenters. The third-order valence-electron chi connectivity index (χ3n) is 6.86. The molecule has 1 N–H and O–H groups in total. The quantitative estimate of drug-likeness (QED) is 0.237. The van der Waals surface area contributed by atoms with Crippen LogP contribution < -0.4 is 14.4 Å². The van der Waals surface area contributed by atoms with E-state index in [1.165, 1.54) is 42.3 Å². The zero-order valence-corrected chi connectivity index (χ0v) is 24.8. The van der Waals surface area contributed by atoms with Crippen molar-refractivity contribution in [2.45, 2.75) is 30.8 Å². The second-order valence-electron chi connectivity index (χ2n) is 9.68. The molecule has 224 valence electrons. The predicted octanol–water partition coefficient (Wildman–Crippen LogP) is 4.81. The molecule has 1 atom stereocenters. The summed E-state index contributed by atoms with van der Waals surface area (Å²) in [5.74, 6) is -1.15. The lowest BCUT2D eigenvalue weighted by atomic mass is 10.0. The van der Waals surface area contributed by atoms with Gasteiger partial charge in [-0.15, -0.1) is 0 Å². The highest BCUT2D eigenvalue weighted by Crippen LogP contribution is 2.27. The normalized spacial score (nSPS) is 11.8. The third kappa shape index (κ3) is 7.78. The Labute approximate surface area is 251 Å². The molecular formula is C33H34FN3O5S. The smallest absolute Gasteiger partial charge is 0.264 e. The van der Waals surface area contributed by atoms with Crippen molar-refractivity contribution in [2.24, 2.45) is 0 Å². The van der Waals surface area contributed by atoms with Crippen molar-refractivity contribution >= 4 is 27.5 Å². The summed E-state index contributed by atoms with van der Waals surface area (Å²) < 4.78 is 49.3. The van der Waals surface area contributed by atoms with Crippen molar-refractivity contribution in [1.29, 1.82) is 0 Å². The Kier molecular flexibility index (Phi) is 10.5. The van der Waals surface area contributed by atoms with E-state index in [4.69, 9.17) is 4.74 Å². The van der Waals surface area contributed by atoms with E-state index >= 15 is 0 Å². The minimum atomic E-state index is -4.23. The van der Waals surface area contributed by atoms with Crippen LogP contribution in [0.5, 0.6) is 5.75 Å². The maximum atomic E-state index is 14.9. The molecular weight excluding hydrogens is 569 g/mol. The lowest BCUT2D eigenvalue weighted by molar-refractivity contribution is -0.139. The maximum absolute atomic E-state index is 14.9. The molecule has 2 amide bonds. The van der Waals surface area contributed by atoms with Crippen LogP contribution in [-0.4, -0.2) is 51.4 Å². The zero-order chi connectivity index (χ0) is 30.8. The highest BCUT2D eigenvalue weighted by atomic mass is 32.2. The fourth-order valence-electron chi connectivity index (χ4n) is 4.65. The van der Waals surface area contributed by atoms with Crippen LogP contribution in [0.25, 0.3) is 0 Å². The van der Waals surface area contributed by atoms with Gasteiger partial charge in [0.05, 0.1) is 17.2 Å². The molecule has 0 spiro atoms. The molecule has 0 radical (unpaired) electrons. The molecule has 0 saturated heterocycles. The maximum Gasteiger partial charge on any atom is 0.264 e. The van der Waals surface area contributed by atoms with Gasteiger partial charge < -0.3 is 15.0 Å². The number of hydrogen-bond acceptors (Lipinski definition) is 5. The molecule has 0 fully saturated rings. The molecule has 0 aliphatic heterocycles. The average molecular weight is 604 g/mol. The summed E-state index contributed by atoms with van der Waals surface area (Å²) in [6.45, 7) is 1.37. The van der Waals surface area contributed by atoms with E-state index in [2.05, 4.69) is 5.32 Å². The van der Waals surface area contributed by atoms with Crippen LogP contribution in [0.15, 0.2) is 114 Å². The van der Waals surface area contributed by atoms with Crippen LogP contribution in [0.3, 0.4) is 0 Å². The SMILES string of the molecule is CCOc1ccc(N(CC(=O)N(Cc2ccccc2F)C(Cc2ccccc2)C(=O)NC)S(=O)(=O)c2ccccc2)cc1. The summed E-state index contributed by atoms with van der Waals surface area (Å²) in [4.78, 5) is 28.7. The minimum absolute atomic E-state index is 0.00975. The summed E-state index contributed by atoms with van der Waals surface area (Å²) in [5.41, 5.74) is 1.20. The monoisotopic (exact) mass is 603 g/mol. The van der Waals surface area contributed by atoms with Gasteiger partial charge in [0.2, 0.25) is 11.8 Å². The molecule has 0 heterocycles. The number of likely N-dealkylation sites (N-methyl/N-ethyl adjacent to an activating group) is 1. The second-order valence-corrected chi connectivity index (χ2v) is 11.5. The molecule has 10 heteroatoms. The number of hydrogen-bond donors (Lipinski definition) is 1. The fourth-order valence-corrected chi connectivity index (χ4v) is 6.09. The zero-order valence-electron chi connectivity index (χ0n) is 24.0. The minimum Gasteiger partial charge on any atom is -0.494 e. The van der Waals surface area contributed by atoms with E-state index < -0.39 is 40.2 Å². The Morgan fingerprint density at radius 1 is 0.860 bits per heavy atom. The van der Waals surface area contributed by atoms with Crippen LogP contribution >= 0.6 is 0 Å². The van der Waals surface area contributed by atoms with Crippen molar-refractivity contribution in [3.05, 3.63) is 126 Å². The number of nitrogens with one attached hydrogen (secondary N) is 1. The van der Waals surface area contributed by atoms with E-state index in [1.807, 2.05) is 37.3 Å². The van der Waals surface area contributed by atoms with Crippen LogP contribution in [0.1, 0.15) is 18.1 Å². The number of nitrogens with zero attached hydrogens (tertiary/aromatic N) is 2. The molecule has 0 bridgehead atoms. The van der Waals surface area contributed by atoms with Gasteiger partial charge >= 0.3 is 0 Å². The number of rotatable bonds is 13.